The Morgan fingerprint density at radius 2 is 1.77 bits per heavy atom. The van der Waals surface area contributed by atoms with Crippen molar-refractivity contribution in [3.63, 3.8) is 0 Å². The largest absolute Gasteiger partial charge is 0.493 e. The molecule has 0 spiro atoms. The first-order valence-corrected chi connectivity index (χ1v) is 8.96. The molecule has 1 fully saturated rings. The Morgan fingerprint density at radius 3 is 2.35 bits per heavy atom. The second kappa shape index (κ2) is 7.68. The van der Waals surface area contributed by atoms with Crippen molar-refractivity contribution in [3.05, 3.63) is 54.1 Å². The van der Waals surface area contributed by atoms with E-state index in [1.807, 2.05) is 49.4 Å². The van der Waals surface area contributed by atoms with Crippen molar-refractivity contribution in [2.45, 2.75) is 25.2 Å². The minimum atomic E-state index is -0.0644. The number of nitrogens with one attached hydrogen (secondary N) is 1. The standard InChI is InChI=1S/C21H26N2O3/c1-4-23(17-8-6-5-7-9-17)20(24)22-15-21(12-13-21)16-10-11-18(25-2)19(14-16)26-3/h5-11,14H,4,12-13,15H2,1-3H3,(H,22,24). The Kier molecular flexibility index (Phi) is 5.35. The zero-order valence-electron chi connectivity index (χ0n) is 15.6. The molecule has 1 aliphatic rings. The zero-order valence-corrected chi connectivity index (χ0v) is 15.6. The Labute approximate surface area is 154 Å². The molecule has 0 aliphatic heterocycles. The van der Waals surface area contributed by atoms with E-state index >= 15 is 0 Å². The summed E-state index contributed by atoms with van der Waals surface area (Å²) in [6.45, 7) is 3.22. The monoisotopic (exact) mass is 354 g/mol. The molecule has 26 heavy (non-hydrogen) atoms. The smallest absolute Gasteiger partial charge is 0.321 e. The third-order valence-corrected chi connectivity index (χ3v) is 5.06. The van der Waals surface area contributed by atoms with Crippen LogP contribution in [0.15, 0.2) is 48.5 Å². The summed E-state index contributed by atoms with van der Waals surface area (Å²) < 4.78 is 10.7. The summed E-state index contributed by atoms with van der Waals surface area (Å²) in [6, 6.07) is 15.7. The average Bonchev–Trinajstić information content (AvgIpc) is 3.48. The van der Waals surface area contributed by atoms with Gasteiger partial charge in [-0.1, -0.05) is 24.3 Å². The van der Waals surface area contributed by atoms with Crippen LogP contribution in [-0.2, 0) is 5.41 Å². The van der Waals surface area contributed by atoms with Crippen molar-refractivity contribution in [2.75, 3.05) is 32.2 Å². The first-order valence-electron chi connectivity index (χ1n) is 8.96. The molecule has 2 aromatic carbocycles. The van der Waals surface area contributed by atoms with Gasteiger partial charge in [0.05, 0.1) is 14.2 Å². The lowest BCUT2D eigenvalue weighted by Crippen LogP contribution is -2.43. The fourth-order valence-electron chi connectivity index (χ4n) is 3.28. The van der Waals surface area contributed by atoms with Crippen LogP contribution in [0.5, 0.6) is 11.5 Å². The summed E-state index contributed by atoms with van der Waals surface area (Å²) in [5.74, 6) is 1.44. The average molecular weight is 354 g/mol. The van der Waals surface area contributed by atoms with Gasteiger partial charge in [-0.05, 0) is 49.6 Å². The van der Waals surface area contributed by atoms with Gasteiger partial charge in [0.25, 0.3) is 0 Å². The van der Waals surface area contributed by atoms with E-state index in [1.165, 1.54) is 5.56 Å². The van der Waals surface area contributed by atoms with Crippen molar-refractivity contribution in [2.24, 2.45) is 0 Å². The van der Waals surface area contributed by atoms with Crippen LogP contribution in [0.4, 0.5) is 10.5 Å². The maximum Gasteiger partial charge on any atom is 0.321 e. The van der Waals surface area contributed by atoms with E-state index in [1.54, 1.807) is 19.1 Å². The number of methoxy groups -OCH3 is 2. The van der Waals surface area contributed by atoms with Crippen molar-refractivity contribution < 1.29 is 14.3 Å². The molecular formula is C21H26N2O3. The van der Waals surface area contributed by atoms with E-state index in [-0.39, 0.29) is 11.4 Å². The molecule has 0 atom stereocenters. The molecule has 5 heteroatoms. The molecule has 3 rings (SSSR count). The van der Waals surface area contributed by atoms with Gasteiger partial charge in [0, 0.05) is 24.2 Å². The normalized spacial score (nSPS) is 14.4. The number of nitrogens with zero attached hydrogens (tertiary/aromatic N) is 1. The second-order valence-electron chi connectivity index (χ2n) is 6.59. The number of urea groups is 1. The molecule has 1 aliphatic carbocycles. The third-order valence-electron chi connectivity index (χ3n) is 5.06. The predicted octanol–water partition coefficient (Wildman–Crippen LogP) is 3.97. The number of para-hydroxylation sites is 1. The zero-order chi connectivity index (χ0) is 18.6. The lowest BCUT2D eigenvalue weighted by atomic mass is 9.95. The van der Waals surface area contributed by atoms with E-state index in [0.29, 0.717) is 13.1 Å². The molecule has 0 aromatic heterocycles. The summed E-state index contributed by atoms with van der Waals surface area (Å²) in [5.41, 5.74) is 2.08. The van der Waals surface area contributed by atoms with Crippen molar-refractivity contribution in [1.29, 1.82) is 0 Å². The van der Waals surface area contributed by atoms with Gasteiger partial charge in [-0.3, -0.25) is 4.90 Å². The van der Waals surface area contributed by atoms with E-state index in [9.17, 15) is 4.79 Å². The van der Waals surface area contributed by atoms with Crippen LogP contribution >= 0.6 is 0 Å². The van der Waals surface area contributed by atoms with Gasteiger partial charge < -0.3 is 14.8 Å². The van der Waals surface area contributed by atoms with Crippen molar-refractivity contribution in [1.82, 2.24) is 5.32 Å². The second-order valence-corrected chi connectivity index (χ2v) is 6.59. The van der Waals surface area contributed by atoms with Gasteiger partial charge in [0.2, 0.25) is 0 Å². The minimum Gasteiger partial charge on any atom is -0.493 e. The highest BCUT2D eigenvalue weighted by molar-refractivity contribution is 5.91. The van der Waals surface area contributed by atoms with Crippen LogP contribution in [0.2, 0.25) is 0 Å². The van der Waals surface area contributed by atoms with Gasteiger partial charge in [-0.15, -0.1) is 0 Å². The number of carbonyl (C=O) groups excluding carboxylic acids is 1. The van der Waals surface area contributed by atoms with E-state index in [4.69, 9.17) is 9.47 Å². The summed E-state index contributed by atoms with van der Waals surface area (Å²) in [6.07, 6.45) is 2.11. The first kappa shape index (κ1) is 18.1. The quantitative estimate of drug-likeness (QED) is 0.818. The van der Waals surface area contributed by atoms with Crippen LogP contribution in [0.3, 0.4) is 0 Å². The maximum atomic E-state index is 12.7. The fraction of sp³-hybridized carbons (Fsp3) is 0.381. The SMILES string of the molecule is CCN(C(=O)NCC1(c2ccc(OC)c(OC)c2)CC1)c1ccccc1. The molecular weight excluding hydrogens is 328 g/mol. The van der Waals surface area contributed by atoms with E-state index in [2.05, 4.69) is 11.4 Å². The van der Waals surface area contributed by atoms with Crippen molar-refractivity contribution in [3.8, 4) is 11.5 Å². The Morgan fingerprint density at radius 1 is 1.08 bits per heavy atom. The fourth-order valence-corrected chi connectivity index (χ4v) is 3.28. The Balaban J connectivity index is 1.70. The highest BCUT2D eigenvalue weighted by Crippen LogP contribution is 2.49. The van der Waals surface area contributed by atoms with Crippen LogP contribution in [0.25, 0.3) is 0 Å². The summed E-state index contributed by atoms with van der Waals surface area (Å²) >= 11 is 0. The number of hydrogen-bond acceptors (Lipinski definition) is 3. The molecule has 2 amide bonds. The van der Waals surface area contributed by atoms with Gasteiger partial charge >= 0.3 is 6.03 Å². The molecule has 5 nitrogen and oxygen atoms in total. The molecule has 0 saturated heterocycles. The number of rotatable bonds is 7. The van der Waals surface area contributed by atoms with Crippen LogP contribution < -0.4 is 19.7 Å². The van der Waals surface area contributed by atoms with E-state index in [0.717, 1.165) is 30.0 Å². The van der Waals surface area contributed by atoms with Crippen LogP contribution in [0.1, 0.15) is 25.3 Å². The summed E-state index contributed by atoms with van der Waals surface area (Å²) in [5, 5.41) is 3.11. The number of hydrogen-bond donors (Lipinski definition) is 1. The van der Waals surface area contributed by atoms with Gasteiger partial charge in [-0.2, -0.15) is 0 Å². The lowest BCUT2D eigenvalue weighted by Gasteiger charge is -2.24. The third kappa shape index (κ3) is 3.62. The predicted molar refractivity (Wildman–Crippen MR) is 103 cm³/mol. The highest BCUT2D eigenvalue weighted by atomic mass is 16.5. The number of anilines is 1. The number of ether oxygens (including phenoxy) is 2. The molecule has 0 radical (unpaired) electrons. The van der Waals surface area contributed by atoms with Crippen LogP contribution in [-0.4, -0.2) is 33.3 Å². The lowest BCUT2D eigenvalue weighted by molar-refractivity contribution is 0.245. The maximum absolute atomic E-state index is 12.7. The number of carbonyl (C=O) groups is 1. The number of amides is 2. The minimum absolute atomic E-state index is 0.00862. The summed E-state index contributed by atoms with van der Waals surface area (Å²) in [4.78, 5) is 14.4. The molecule has 0 heterocycles. The first-order chi connectivity index (χ1) is 12.6. The molecule has 138 valence electrons. The Bertz CT molecular complexity index is 757. The summed E-state index contributed by atoms with van der Waals surface area (Å²) in [7, 11) is 3.27. The Hall–Kier alpha value is -2.69. The highest BCUT2D eigenvalue weighted by Gasteiger charge is 2.45. The van der Waals surface area contributed by atoms with Gasteiger partial charge in [-0.25, -0.2) is 4.79 Å². The van der Waals surface area contributed by atoms with E-state index < -0.39 is 0 Å². The molecule has 1 saturated carbocycles. The molecule has 0 bridgehead atoms. The van der Waals surface area contributed by atoms with Crippen molar-refractivity contribution >= 4 is 11.7 Å². The molecule has 2 aromatic rings. The molecule has 0 unspecified atom stereocenters. The number of benzene rings is 2. The van der Waals surface area contributed by atoms with Crippen LogP contribution in [0, 0.1) is 0 Å². The van der Waals surface area contributed by atoms with Gasteiger partial charge in [0.1, 0.15) is 0 Å². The topological polar surface area (TPSA) is 50.8 Å². The molecule has 1 N–H and O–H groups in total. The van der Waals surface area contributed by atoms with Gasteiger partial charge in [0.15, 0.2) is 11.5 Å².